The van der Waals surface area contributed by atoms with Crippen LogP contribution in [0.1, 0.15) is 43.9 Å². The van der Waals surface area contributed by atoms with Crippen LogP contribution in [0, 0.1) is 17.5 Å². The summed E-state index contributed by atoms with van der Waals surface area (Å²) in [5.41, 5.74) is 2.91. The zero-order chi connectivity index (χ0) is 26.4. The number of hydrogen-bond donors (Lipinski definition) is 1. The summed E-state index contributed by atoms with van der Waals surface area (Å²) in [5.74, 6) is -1.82. The van der Waals surface area contributed by atoms with E-state index in [1.807, 2.05) is 6.92 Å². The molecule has 0 aliphatic heterocycles. The van der Waals surface area contributed by atoms with Gasteiger partial charge >= 0.3 is 0 Å². The second-order valence-corrected chi connectivity index (χ2v) is 8.73. The lowest BCUT2D eigenvalue weighted by Gasteiger charge is -2.12. The van der Waals surface area contributed by atoms with Crippen molar-refractivity contribution in [3.05, 3.63) is 107 Å². The van der Waals surface area contributed by atoms with Crippen LogP contribution in [0.3, 0.4) is 0 Å². The predicted octanol–water partition coefficient (Wildman–Crippen LogP) is 8.25. The van der Waals surface area contributed by atoms with Crippen LogP contribution in [-0.2, 0) is 6.61 Å². The van der Waals surface area contributed by atoms with Gasteiger partial charge in [0.05, 0.1) is 12.7 Å². The number of aliphatic hydroxyl groups excluding tert-OH is 1. The number of halogens is 3. The van der Waals surface area contributed by atoms with E-state index in [2.05, 4.69) is 0 Å². The molecule has 0 heterocycles. The molecule has 0 saturated carbocycles. The second-order valence-electron chi connectivity index (χ2n) is 8.73. The van der Waals surface area contributed by atoms with Crippen molar-refractivity contribution in [3.63, 3.8) is 0 Å². The molecule has 0 aliphatic rings. The number of ether oxygens (including phenoxy) is 2. The van der Waals surface area contributed by atoms with Gasteiger partial charge in [-0.15, -0.1) is 0 Å². The van der Waals surface area contributed by atoms with Gasteiger partial charge in [0.1, 0.15) is 12.4 Å². The average molecular weight is 507 g/mol. The fraction of sp³-hybridized carbons (Fsp3) is 0.226. The lowest BCUT2D eigenvalue weighted by Crippen LogP contribution is -1.99. The van der Waals surface area contributed by atoms with Crippen LogP contribution in [0.5, 0.6) is 11.5 Å². The van der Waals surface area contributed by atoms with Crippen molar-refractivity contribution < 1.29 is 27.8 Å². The van der Waals surface area contributed by atoms with E-state index in [0.717, 1.165) is 17.5 Å². The largest absolute Gasteiger partial charge is 0.491 e. The van der Waals surface area contributed by atoms with Crippen LogP contribution in [0.2, 0.25) is 0 Å². The van der Waals surface area contributed by atoms with Crippen molar-refractivity contribution in [3.8, 4) is 33.8 Å². The molecule has 0 radical (unpaired) electrons. The van der Waals surface area contributed by atoms with E-state index in [0.29, 0.717) is 29.9 Å². The van der Waals surface area contributed by atoms with Gasteiger partial charge in [-0.25, -0.2) is 13.2 Å². The maximum absolute atomic E-state index is 15.1. The Labute approximate surface area is 215 Å². The van der Waals surface area contributed by atoms with Crippen molar-refractivity contribution in [2.75, 3.05) is 6.61 Å². The lowest BCUT2D eigenvalue weighted by atomic mass is 9.96. The number of hydrogen-bond acceptors (Lipinski definition) is 3. The molecule has 3 nitrogen and oxygen atoms in total. The minimum Gasteiger partial charge on any atom is -0.491 e. The summed E-state index contributed by atoms with van der Waals surface area (Å²) in [5, 5.41) is 10.1. The molecular weight excluding hydrogens is 477 g/mol. The Morgan fingerprint density at radius 3 is 1.86 bits per heavy atom. The van der Waals surface area contributed by atoms with Gasteiger partial charge in [-0.2, -0.15) is 0 Å². The number of rotatable bonds is 10. The van der Waals surface area contributed by atoms with Crippen molar-refractivity contribution in [1.82, 2.24) is 0 Å². The first kappa shape index (κ1) is 26.3. The molecule has 0 amide bonds. The van der Waals surface area contributed by atoms with E-state index in [9.17, 15) is 9.50 Å². The highest BCUT2D eigenvalue weighted by Crippen LogP contribution is 2.32. The molecular formula is C31H29F3O3. The molecule has 0 bridgehead atoms. The molecule has 0 spiro atoms. The summed E-state index contributed by atoms with van der Waals surface area (Å²) < 4.78 is 54.9. The van der Waals surface area contributed by atoms with Crippen molar-refractivity contribution in [2.45, 2.75) is 39.4 Å². The summed E-state index contributed by atoms with van der Waals surface area (Å²) in [4.78, 5) is 0. The van der Waals surface area contributed by atoms with Crippen LogP contribution in [0.15, 0.2) is 78.9 Å². The standard InChI is InChI=1S/C31H29F3O3/c1-3-5-28(35)23-12-10-22(11-13-23)26-16-15-25(30(33)31(26)34)21-8-6-20(7-9-21)19-37-24-14-17-29(36-4-2)27(32)18-24/h6-18,28,35H,3-5,19H2,1-2H3. The Kier molecular flexibility index (Phi) is 8.51. The van der Waals surface area contributed by atoms with E-state index in [1.165, 1.54) is 12.1 Å². The zero-order valence-corrected chi connectivity index (χ0v) is 20.8. The molecule has 0 fully saturated rings. The van der Waals surface area contributed by atoms with E-state index in [1.54, 1.807) is 73.7 Å². The fourth-order valence-corrected chi connectivity index (χ4v) is 4.11. The van der Waals surface area contributed by atoms with Crippen LogP contribution in [-0.4, -0.2) is 11.7 Å². The first-order chi connectivity index (χ1) is 17.9. The third kappa shape index (κ3) is 6.15. The average Bonchev–Trinajstić information content (AvgIpc) is 2.91. The Hall–Kier alpha value is -3.77. The SMILES string of the molecule is CCCC(O)c1ccc(-c2ccc(-c3ccc(COc4ccc(OCC)c(F)c4)cc3)c(F)c2F)cc1. The molecule has 0 saturated heterocycles. The van der Waals surface area contributed by atoms with E-state index in [4.69, 9.17) is 9.47 Å². The number of aliphatic hydroxyl groups is 1. The molecule has 4 aromatic rings. The van der Waals surface area contributed by atoms with Gasteiger partial charge in [-0.05, 0) is 47.7 Å². The van der Waals surface area contributed by atoms with Gasteiger partial charge in [0.2, 0.25) is 0 Å². The molecule has 37 heavy (non-hydrogen) atoms. The third-order valence-corrected chi connectivity index (χ3v) is 6.12. The van der Waals surface area contributed by atoms with Gasteiger partial charge in [-0.3, -0.25) is 0 Å². The molecule has 1 unspecified atom stereocenters. The summed E-state index contributed by atoms with van der Waals surface area (Å²) in [6.45, 7) is 4.33. The smallest absolute Gasteiger partial charge is 0.168 e. The lowest BCUT2D eigenvalue weighted by molar-refractivity contribution is 0.166. The van der Waals surface area contributed by atoms with Crippen molar-refractivity contribution in [1.29, 1.82) is 0 Å². The van der Waals surface area contributed by atoms with Gasteiger partial charge in [0, 0.05) is 17.2 Å². The molecule has 192 valence electrons. The third-order valence-electron chi connectivity index (χ3n) is 6.12. The summed E-state index contributed by atoms with van der Waals surface area (Å²) >= 11 is 0. The molecule has 6 heteroatoms. The quantitative estimate of drug-likeness (QED) is 0.235. The highest BCUT2D eigenvalue weighted by molar-refractivity contribution is 5.72. The van der Waals surface area contributed by atoms with Crippen LogP contribution in [0.4, 0.5) is 13.2 Å². The Balaban J connectivity index is 1.46. The molecule has 0 aromatic heterocycles. The predicted molar refractivity (Wildman–Crippen MR) is 139 cm³/mol. The molecule has 0 aliphatic carbocycles. The van der Waals surface area contributed by atoms with E-state index in [-0.39, 0.29) is 23.5 Å². The van der Waals surface area contributed by atoms with Crippen molar-refractivity contribution >= 4 is 0 Å². The Morgan fingerprint density at radius 1 is 0.730 bits per heavy atom. The summed E-state index contributed by atoms with van der Waals surface area (Å²) in [6.07, 6.45) is 0.918. The van der Waals surface area contributed by atoms with E-state index < -0.39 is 23.6 Å². The first-order valence-electron chi connectivity index (χ1n) is 12.3. The van der Waals surface area contributed by atoms with Gasteiger partial charge in [0.25, 0.3) is 0 Å². The zero-order valence-electron chi connectivity index (χ0n) is 20.8. The van der Waals surface area contributed by atoms with Gasteiger partial charge in [0.15, 0.2) is 23.2 Å². The maximum atomic E-state index is 15.1. The first-order valence-corrected chi connectivity index (χ1v) is 12.3. The van der Waals surface area contributed by atoms with Crippen LogP contribution >= 0.6 is 0 Å². The summed E-state index contributed by atoms with van der Waals surface area (Å²) in [7, 11) is 0. The molecule has 1 atom stereocenters. The Bertz CT molecular complexity index is 1340. The second kappa shape index (κ2) is 12.0. The normalized spacial score (nSPS) is 11.8. The van der Waals surface area contributed by atoms with Crippen LogP contribution in [0.25, 0.3) is 22.3 Å². The molecule has 4 rings (SSSR count). The Morgan fingerprint density at radius 2 is 1.32 bits per heavy atom. The highest BCUT2D eigenvalue weighted by Gasteiger charge is 2.17. The molecule has 1 N–H and O–H groups in total. The topological polar surface area (TPSA) is 38.7 Å². The highest BCUT2D eigenvalue weighted by atomic mass is 19.2. The fourth-order valence-electron chi connectivity index (χ4n) is 4.11. The maximum Gasteiger partial charge on any atom is 0.168 e. The van der Waals surface area contributed by atoms with Crippen molar-refractivity contribution in [2.24, 2.45) is 0 Å². The molecule has 4 aromatic carbocycles. The minimum absolute atomic E-state index is 0.150. The van der Waals surface area contributed by atoms with Gasteiger partial charge in [-0.1, -0.05) is 74.0 Å². The minimum atomic E-state index is -0.929. The summed E-state index contributed by atoms with van der Waals surface area (Å²) in [6, 6.07) is 21.3. The number of benzene rings is 4. The van der Waals surface area contributed by atoms with Crippen LogP contribution < -0.4 is 9.47 Å². The van der Waals surface area contributed by atoms with Gasteiger partial charge < -0.3 is 14.6 Å². The monoisotopic (exact) mass is 506 g/mol. The van der Waals surface area contributed by atoms with E-state index >= 15 is 8.78 Å².